The van der Waals surface area contributed by atoms with Crippen LogP contribution in [-0.4, -0.2) is 44.3 Å². The highest BCUT2D eigenvalue weighted by Gasteiger charge is 2.39. The molecule has 0 spiro atoms. The van der Waals surface area contributed by atoms with E-state index in [1.54, 1.807) is 15.8 Å². The lowest BCUT2D eigenvalue weighted by Gasteiger charge is -2.30. The number of carbonyl (C=O) groups excluding carboxylic acids is 2. The third kappa shape index (κ3) is 5.72. The van der Waals surface area contributed by atoms with Gasteiger partial charge in [-0.25, -0.2) is 4.68 Å². The number of carbonyl (C=O) groups is 2. The first kappa shape index (κ1) is 26.0. The van der Waals surface area contributed by atoms with Crippen LogP contribution in [0.4, 0.5) is 0 Å². The molecule has 2 heterocycles. The second-order valence-electron chi connectivity index (χ2n) is 9.50. The maximum absolute atomic E-state index is 13.5. The topological polar surface area (TPSA) is 132 Å². The van der Waals surface area contributed by atoms with Crippen LogP contribution in [0.15, 0.2) is 48.4 Å². The summed E-state index contributed by atoms with van der Waals surface area (Å²) in [6.45, 7) is 10.2. The van der Waals surface area contributed by atoms with Gasteiger partial charge in [0.05, 0.1) is 11.7 Å². The quantitative estimate of drug-likeness (QED) is 0.499. The number of allylic oxidation sites excluding steroid dienone is 2. The van der Waals surface area contributed by atoms with Crippen molar-refractivity contribution in [2.45, 2.75) is 65.6 Å². The number of hydrogen-bond donors (Lipinski definition) is 3. The standard InChI is InChI=1S/C26H37N7O2/c1-16(2)24(33-15-18(4)30-31-33)26(35)32-12-6-7-23(32)25(34)29-19(5)20-8-10-21(11-9-20)22(14-28)17(3)13-27/h8-11,13-16,19,23-24H,6-7,12,27-28H2,1-5H3,(H,29,34)/b17-13-,22-14+/t19-,23-,24-/m0/s1. The molecule has 1 aromatic heterocycles. The summed E-state index contributed by atoms with van der Waals surface area (Å²) >= 11 is 0. The molecule has 1 aliphatic heterocycles. The first-order chi connectivity index (χ1) is 16.7. The van der Waals surface area contributed by atoms with E-state index in [-0.39, 0.29) is 23.8 Å². The Morgan fingerprint density at radius 3 is 2.37 bits per heavy atom. The first-order valence-electron chi connectivity index (χ1n) is 12.1. The van der Waals surface area contributed by atoms with E-state index in [1.165, 1.54) is 12.4 Å². The average molecular weight is 480 g/mol. The number of nitrogens with one attached hydrogen (secondary N) is 1. The highest BCUT2D eigenvalue weighted by Crippen LogP contribution is 2.27. The Bertz CT molecular complexity index is 1100. The van der Waals surface area contributed by atoms with Gasteiger partial charge in [-0.1, -0.05) is 43.3 Å². The number of rotatable bonds is 8. The van der Waals surface area contributed by atoms with E-state index in [2.05, 4.69) is 15.6 Å². The number of nitrogens with two attached hydrogens (primary N) is 2. The van der Waals surface area contributed by atoms with Crippen LogP contribution in [0.2, 0.25) is 0 Å². The lowest BCUT2D eigenvalue weighted by atomic mass is 9.97. The Morgan fingerprint density at radius 1 is 1.14 bits per heavy atom. The van der Waals surface area contributed by atoms with Gasteiger partial charge in [-0.05, 0) is 62.4 Å². The van der Waals surface area contributed by atoms with Gasteiger partial charge in [-0.3, -0.25) is 9.59 Å². The molecule has 35 heavy (non-hydrogen) atoms. The van der Waals surface area contributed by atoms with Crippen molar-refractivity contribution < 1.29 is 9.59 Å². The molecule has 9 heteroatoms. The van der Waals surface area contributed by atoms with Crippen molar-refractivity contribution in [3.05, 3.63) is 65.3 Å². The first-order valence-corrected chi connectivity index (χ1v) is 12.1. The molecule has 9 nitrogen and oxygen atoms in total. The fraction of sp³-hybridized carbons (Fsp3) is 0.462. The van der Waals surface area contributed by atoms with Crippen LogP contribution in [0.3, 0.4) is 0 Å². The number of amides is 2. The van der Waals surface area contributed by atoms with Crippen LogP contribution in [0.1, 0.15) is 69.4 Å². The van der Waals surface area contributed by atoms with Gasteiger partial charge in [0.25, 0.3) is 0 Å². The summed E-state index contributed by atoms with van der Waals surface area (Å²) in [7, 11) is 0. The largest absolute Gasteiger partial charge is 0.404 e. The molecular formula is C26H37N7O2. The summed E-state index contributed by atoms with van der Waals surface area (Å²) in [5, 5.41) is 11.3. The van der Waals surface area contributed by atoms with E-state index in [4.69, 9.17) is 11.5 Å². The van der Waals surface area contributed by atoms with E-state index in [9.17, 15) is 9.59 Å². The van der Waals surface area contributed by atoms with Crippen molar-refractivity contribution in [1.29, 1.82) is 0 Å². The van der Waals surface area contributed by atoms with Crippen molar-refractivity contribution in [1.82, 2.24) is 25.2 Å². The van der Waals surface area contributed by atoms with Crippen molar-refractivity contribution in [3.63, 3.8) is 0 Å². The summed E-state index contributed by atoms with van der Waals surface area (Å²) in [5.74, 6) is -0.228. The highest BCUT2D eigenvalue weighted by atomic mass is 16.2. The van der Waals surface area contributed by atoms with Gasteiger partial charge in [0, 0.05) is 24.5 Å². The molecule has 3 atom stereocenters. The monoisotopic (exact) mass is 479 g/mol. The molecular weight excluding hydrogens is 442 g/mol. The van der Waals surface area contributed by atoms with Crippen molar-refractivity contribution >= 4 is 17.4 Å². The molecule has 1 saturated heterocycles. The second kappa shape index (κ2) is 11.2. The Hall–Kier alpha value is -3.62. The normalized spacial score (nSPS) is 18.6. The van der Waals surface area contributed by atoms with Crippen LogP contribution < -0.4 is 16.8 Å². The number of nitrogens with zero attached hydrogens (tertiary/aromatic N) is 4. The number of benzene rings is 1. The number of hydrogen-bond acceptors (Lipinski definition) is 6. The molecule has 1 aliphatic rings. The van der Waals surface area contributed by atoms with Gasteiger partial charge in [0.15, 0.2) is 0 Å². The SMILES string of the molecule is CC(=C/N)/C(=C\N)c1ccc([C@H](C)NC(=O)[C@@H]2CCCN2C(=O)[C@H](C(C)C)n2cc(C)nn2)cc1. The van der Waals surface area contributed by atoms with Gasteiger partial charge in [0.1, 0.15) is 12.1 Å². The van der Waals surface area contributed by atoms with E-state index in [1.807, 2.05) is 58.9 Å². The van der Waals surface area contributed by atoms with Crippen LogP contribution in [0.25, 0.3) is 5.57 Å². The summed E-state index contributed by atoms with van der Waals surface area (Å²) < 4.78 is 1.62. The Kier molecular flexibility index (Phi) is 8.32. The third-order valence-electron chi connectivity index (χ3n) is 6.55. The van der Waals surface area contributed by atoms with Gasteiger partial charge >= 0.3 is 0 Å². The number of aromatic nitrogens is 3. The van der Waals surface area contributed by atoms with Crippen LogP contribution >= 0.6 is 0 Å². The third-order valence-corrected chi connectivity index (χ3v) is 6.55. The maximum Gasteiger partial charge on any atom is 0.248 e. The summed E-state index contributed by atoms with van der Waals surface area (Å²) in [6.07, 6.45) is 6.26. The smallest absolute Gasteiger partial charge is 0.248 e. The van der Waals surface area contributed by atoms with E-state index < -0.39 is 12.1 Å². The van der Waals surface area contributed by atoms with E-state index in [0.717, 1.165) is 34.4 Å². The van der Waals surface area contributed by atoms with Crippen molar-refractivity contribution in [2.75, 3.05) is 6.54 Å². The zero-order valence-corrected chi connectivity index (χ0v) is 21.2. The van der Waals surface area contributed by atoms with Crippen LogP contribution in [0.5, 0.6) is 0 Å². The summed E-state index contributed by atoms with van der Waals surface area (Å²) in [6, 6.07) is 6.64. The van der Waals surface area contributed by atoms with Crippen molar-refractivity contribution in [3.8, 4) is 0 Å². The molecule has 2 amide bonds. The molecule has 0 radical (unpaired) electrons. The molecule has 2 aromatic rings. The second-order valence-corrected chi connectivity index (χ2v) is 9.50. The molecule has 1 fully saturated rings. The average Bonchev–Trinajstić information content (AvgIpc) is 3.49. The predicted molar refractivity (Wildman–Crippen MR) is 136 cm³/mol. The molecule has 5 N–H and O–H groups in total. The molecule has 0 bridgehead atoms. The van der Waals surface area contributed by atoms with Crippen LogP contribution in [0, 0.1) is 12.8 Å². The molecule has 1 aromatic carbocycles. The van der Waals surface area contributed by atoms with Gasteiger partial charge in [-0.2, -0.15) is 0 Å². The minimum absolute atomic E-state index is 0.00978. The summed E-state index contributed by atoms with van der Waals surface area (Å²) in [5.41, 5.74) is 15.8. The fourth-order valence-electron chi connectivity index (χ4n) is 4.57. The Balaban J connectivity index is 1.71. The lowest BCUT2D eigenvalue weighted by molar-refractivity contribution is -0.142. The molecule has 3 rings (SSSR count). The fourth-order valence-corrected chi connectivity index (χ4v) is 4.57. The molecule has 0 saturated carbocycles. The summed E-state index contributed by atoms with van der Waals surface area (Å²) in [4.78, 5) is 28.4. The number of likely N-dealkylation sites (tertiary alicyclic amines) is 1. The zero-order chi connectivity index (χ0) is 25.7. The minimum Gasteiger partial charge on any atom is -0.404 e. The van der Waals surface area contributed by atoms with E-state index in [0.29, 0.717) is 13.0 Å². The van der Waals surface area contributed by atoms with Crippen LogP contribution in [-0.2, 0) is 9.59 Å². The Labute approximate surface area is 207 Å². The van der Waals surface area contributed by atoms with Gasteiger partial charge in [0.2, 0.25) is 11.8 Å². The predicted octanol–water partition coefficient (Wildman–Crippen LogP) is 2.81. The maximum atomic E-state index is 13.5. The lowest BCUT2D eigenvalue weighted by Crippen LogP contribution is -2.49. The highest BCUT2D eigenvalue weighted by molar-refractivity contribution is 5.90. The van der Waals surface area contributed by atoms with Gasteiger partial charge in [-0.15, -0.1) is 5.10 Å². The Morgan fingerprint density at radius 2 is 1.83 bits per heavy atom. The minimum atomic E-state index is -0.501. The number of aryl methyl sites for hydroxylation is 1. The van der Waals surface area contributed by atoms with Crippen molar-refractivity contribution in [2.24, 2.45) is 17.4 Å². The molecule has 188 valence electrons. The zero-order valence-electron chi connectivity index (χ0n) is 21.2. The van der Waals surface area contributed by atoms with E-state index >= 15 is 0 Å². The van der Waals surface area contributed by atoms with Gasteiger partial charge < -0.3 is 21.7 Å². The molecule has 0 unspecified atom stereocenters. The molecule has 0 aliphatic carbocycles.